The molecule has 0 spiro atoms. The van der Waals surface area contributed by atoms with E-state index in [1.54, 1.807) is 6.07 Å². The number of carbonyl (C=O) groups excluding carboxylic acids is 1. The third-order valence-electron chi connectivity index (χ3n) is 3.47. The molecule has 1 amide bonds. The van der Waals surface area contributed by atoms with Gasteiger partial charge in [0, 0.05) is 18.2 Å². The van der Waals surface area contributed by atoms with Crippen LogP contribution in [0.3, 0.4) is 0 Å². The van der Waals surface area contributed by atoms with Gasteiger partial charge in [-0.1, -0.05) is 26.0 Å². The molecular formula is C14H21N3O4. The van der Waals surface area contributed by atoms with E-state index in [1.807, 2.05) is 13.8 Å². The van der Waals surface area contributed by atoms with E-state index in [-0.39, 0.29) is 24.0 Å². The van der Waals surface area contributed by atoms with Gasteiger partial charge in [-0.05, 0) is 18.9 Å². The molecule has 0 saturated heterocycles. The van der Waals surface area contributed by atoms with Crippen LogP contribution in [-0.4, -0.2) is 29.5 Å². The highest BCUT2D eigenvalue weighted by Gasteiger charge is 2.21. The van der Waals surface area contributed by atoms with Crippen LogP contribution in [0, 0.1) is 10.1 Å². The first kappa shape index (κ1) is 16.9. The van der Waals surface area contributed by atoms with Crippen LogP contribution >= 0.6 is 0 Å². The Morgan fingerprint density at radius 2 is 2.00 bits per heavy atom. The number of nitro benzene ring substituents is 1. The van der Waals surface area contributed by atoms with Crippen molar-refractivity contribution in [1.29, 1.82) is 0 Å². The Balaban J connectivity index is 2.53. The Morgan fingerprint density at radius 1 is 1.38 bits per heavy atom. The van der Waals surface area contributed by atoms with Crippen LogP contribution in [0.1, 0.15) is 26.7 Å². The second kappa shape index (κ2) is 7.58. The van der Waals surface area contributed by atoms with Crippen LogP contribution in [0.15, 0.2) is 24.3 Å². The molecule has 1 aromatic rings. The lowest BCUT2D eigenvalue weighted by Crippen LogP contribution is -2.50. The number of nitrogens with two attached hydrogens (primary N) is 1. The maximum Gasteiger partial charge on any atom is 0.310 e. The monoisotopic (exact) mass is 295 g/mol. The Labute approximate surface area is 123 Å². The second-order valence-electron chi connectivity index (χ2n) is 4.86. The van der Waals surface area contributed by atoms with Gasteiger partial charge < -0.3 is 15.8 Å². The van der Waals surface area contributed by atoms with E-state index in [4.69, 9.17) is 10.5 Å². The number of nitrogens with one attached hydrogen (secondary N) is 1. The van der Waals surface area contributed by atoms with Gasteiger partial charge in [-0.2, -0.15) is 0 Å². The standard InChI is InChI=1S/C14H21N3O4/c1-3-14(15,4-2)10-16-13(18)9-21-12-8-6-5-7-11(12)17(19)20/h5-8H,3-4,9-10,15H2,1-2H3,(H,16,18). The molecule has 0 atom stereocenters. The number of amides is 1. The number of nitrogens with zero attached hydrogens (tertiary/aromatic N) is 1. The van der Waals surface area contributed by atoms with E-state index in [0.717, 1.165) is 12.8 Å². The summed E-state index contributed by atoms with van der Waals surface area (Å²) in [5.74, 6) is -0.285. The predicted octanol–water partition coefficient (Wildman–Crippen LogP) is 1.61. The minimum atomic E-state index is -0.549. The third-order valence-corrected chi connectivity index (χ3v) is 3.47. The van der Waals surface area contributed by atoms with E-state index in [9.17, 15) is 14.9 Å². The van der Waals surface area contributed by atoms with Crippen LogP contribution in [0.2, 0.25) is 0 Å². The Bertz CT molecular complexity index is 501. The molecule has 116 valence electrons. The Morgan fingerprint density at radius 3 is 2.57 bits per heavy atom. The highest BCUT2D eigenvalue weighted by Crippen LogP contribution is 2.25. The number of benzene rings is 1. The van der Waals surface area contributed by atoms with Crippen LogP contribution in [0.5, 0.6) is 5.75 Å². The lowest BCUT2D eigenvalue weighted by atomic mass is 9.94. The van der Waals surface area contributed by atoms with Gasteiger partial charge in [0.2, 0.25) is 0 Å². The van der Waals surface area contributed by atoms with Crippen molar-refractivity contribution in [3.8, 4) is 5.75 Å². The van der Waals surface area contributed by atoms with Crippen molar-refractivity contribution in [2.24, 2.45) is 5.73 Å². The van der Waals surface area contributed by atoms with Crippen LogP contribution in [0.4, 0.5) is 5.69 Å². The average Bonchev–Trinajstić information content (AvgIpc) is 2.50. The summed E-state index contributed by atoms with van der Waals surface area (Å²) in [5, 5.41) is 13.5. The van der Waals surface area contributed by atoms with Crippen LogP contribution in [-0.2, 0) is 4.79 Å². The first-order valence-electron chi connectivity index (χ1n) is 6.83. The van der Waals surface area contributed by atoms with E-state index in [2.05, 4.69) is 5.32 Å². The van der Waals surface area contributed by atoms with Gasteiger partial charge in [0.1, 0.15) is 0 Å². The molecular weight excluding hydrogens is 274 g/mol. The van der Waals surface area contributed by atoms with Gasteiger partial charge in [0.25, 0.3) is 5.91 Å². The second-order valence-corrected chi connectivity index (χ2v) is 4.86. The molecule has 0 aliphatic heterocycles. The molecule has 0 radical (unpaired) electrons. The summed E-state index contributed by atoms with van der Waals surface area (Å²) in [7, 11) is 0. The number of nitro groups is 1. The zero-order valence-electron chi connectivity index (χ0n) is 12.3. The fourth-order valence-corrected chi connectivity index (χ4v) is 1.70. The van der Waals surface area contributed by atoms with E-state index < -0.39 is 10.5 Å². The van der Waals surface area contributed by atoms with Crippen molar-refractivity contribution in [3.63, 3.8) is 0 Å². The Hall–Kier alpha value is -2.15. The van der Waals surface area contributed by atoms with Crippen molar-refractivity contribution in [2.75, 3.05) is 13.2 Å². The summed E-state index contributed by atoms with van der Waals surface area (Å²) in [6, 6.07) is 5.93. The molecule has 0 fully saturated rings. The summed E-state index contributed by atoms with van der Waals surface area (Å²) in [6.45, 7) is 3.98. The van der Waals surface area contributed by atoms with Crippen LogP contribution in [0.25, 0.3) is 0 Å². The zero-order valence-corrected chi connectivity index (χ0v) is 12.3. The van der Waals surface area contributed by atoms with E-state index in [0.29, 0.717) is 6.54 Å². The summed E-state index contributed by atoms with van der Waals surface area (Å²) < 4.78 is 5.20. The number of carbonyl (C=O) groups is 1. The molecule has 0 unspecified atom stereocenters. The molecule has 7 heteroatoms. The van der Waals surface area contributed by atoms with E-state index in [1.165, 1.54) is 18.2 Å². The lowest BCUT2D eigenvalue weighted by Gasteiger charge is -2.26. The predicted molar refractivity (Wildman–Crippen MR) is 79.1 cm³/mol. The molecule has 0 saturated carbocycles. The van der Waals surface area contributed by atoms with Gasteiger partial charge in [-0.25, -0.2) is 0 Å². The van der Waals surface area contributed by atoms with Gasteiger partial charge >= 0.3 is 5.69 Å². The molecule has 0 bridgehead atoms. The molecule has 0 heterocycles. The first-order valence-corrected chi connectivity index (χ1v) is 6.83. The maximum atomic E-state index is 11.7. The molecule has 7 nitrogen and oxygen atoms in total. The van der Waals surface area contributed by atoms with Crippen LogP contribution < -0.4 is 15.8 Å². The molecule has 0 aromatic heterocycles. The quantitative estimate of drug-likeness (QED) is 0.559. The van der Waals surface area contributed by atoms with Crippen molar-refractivity contribution in [1.82, 2.24) is 5.32 Å². The lowest BCUT2D eigenvalue weighted by molar-refractivity contribution is -0.385. The maximum absolute atomic E-state index is 11.7. The number of hydrogen-bond acceptors (Lipinski definition) is 5. The molecule has 21 heavy (non-hydrogen) atoms. The fraction of sp³-hybridized carbons (Fsp3) is 0.500. The minimum absolute atomic E-state index is 0.0719. The van der Waals surface area contributed by atoms with Crippen molar-refractivity contribution in [2.45, 2.75) is 32.2 Å². The summed E-state index contributed by atoms with van der Waals surface area (Å²) >= 11 is 0. The fourth-order valence-electron chi connectivity index (χ4n) is 1.70. The number of rotatable bonds is 8. The molecule has 3 N–H and O–H groups in total. The summed E-state index contributed by atoms with van der Waals surface area (Å²) in [4.78, 5) is 22.0. The largest absolute Gasteiger partial charge is 0.477 e. The minimum Gasteiger partial charge on any atom is -0.477 e. The highest BCUT2D eigenvalue weighted by atomic mass is 16.6. The normalized spacial score (nSPS) is 11.0. The van der Waals surface area contributed by atoms with Crippen molar-refractivity contribution >= 4 is 11.6 Å². The third kappa shape index (κ3) is 5.03. The molecule has 1 rings (SSSR count). The van der Waals surface area contributed by atoms with Gasteiger partial charge in [0.05, 0.1) is 4.92 Å². The van der Waals surface area contributed by atoms with Gasteiger partial charge in [0.15, 0.2) is 12.4 Å². The van der Waals surface area contributed by atoms with Crippen molar-refractivity contribution in [3.05, 3.63) is 34.4 Å². The number of hydrogen-bond donors (Lipinski definition) is 2. The van der Waals surface area contributed by atoms with E-state index >= 15 is 0 Å². The van der Waals surface area contributed by atoms with Crippen molar-refractivity contribution < 1.29 is 14.5 Å². The van der Waals surface area contributed by atoms with Gasteiger partial charge in [-0.3, -0.25) is 14.9 Å². The Kier molecular flexibility index (Phi) is 6.10. The molecule has 0 aliphatic rings. The summed E-state index contributed by atoms with van der Waals surface area (Å²) in [6.07, 6.45) is 1.49. The topological polar surface area (TPSA) is 107 Å². The van der Waals surface area contributed by atoms with Gasteiger partial charge in [-0.15, -0.1) is 0 Å². The first-order chi connectivity index (χ1) is 9.91. The average molecular weight is 295 g/mol. The highest BCUT2D eigenvalue weighted by molar-refractivity contribution is 5.77. The SMILES string of the molecule is CCC(N)(CC)CNC(=O)COc1ccccc1[N+](=O)[O-]. The number of para-hydroxylation sites is 2. The summed E-state index contributed by atoms with van der Waals surface area (Å²) in [5.41, 5.74) is 5.47. The molecule has 1 aromatic carbocycles. The smallest absolute Gasteiger partial charge is 0.310 e. The number of ether oxygens (including phenoxy) is 1. The zero-order chi connectivity index (χ0) is 15.9. The molecule has 0 aliphatic carbocycles.